The van der Waals surface area contributed by atoms with Crippen LogP contribution in [0.15, 0.2) is 12.2 Å². The van der Waals surface area contributed by atoms with Gasteiger partial charge in [0.15, 0.2) is 0 Å². The summed E-state index contributed by atoms with van der Waals surface area (Å²) in [5.74, 6) is 1.17. The van der Waals surface area contributed by atoms with Crippen molar-refractivity contribution in [3.05, 3.63) is 12.2 Å². The Labute approximate surface area is 141 Å². The number of carbonyl (C=O) groups is 3. The first kappa shape index (κ1) is 15.8. The van der Waals surface area contributed by atoms with E-state index in [4.69, 9.17) is 9.47 Å². The van der Waals surface area contributed by atoms with Crippen LogP contribution in [-0.2, 0) is 23.9 Å². The van der Waals surface area contributed by atoms with Gasteiger partial charge in [0.05, 0.1) is 18.8 Å². The van der Waals surface area contributed by atoms with Crippen molar-refractivity contribution in [3.63, 3.8) is 0 Å². The van der Waals surface area contributed by atoms with Crippen LogP contribution in [0.25, 0.3) is 0 Å². The summed E-state index contributed by atoms with van der Waals surface area (Å²) in [6.07, 6.45) is 8.62. The molecule has 0 aromatic carbocycles. The molecule has 2 heterocycles. The third-order valence-corrected chi connectivity index (χ3v) is 5.86. The molecule has 6 nitrogen and oxygen atoms in total. The summed E-state index contributed by atoms with van der Waals surface area (Å²) in [4.78, 5) is 35.8. The maximum atomic E-state index is 11.8. The van der Waals surface area contributed by atoms with E-state index in [2.05, 4.69) is 0 Å². The maximum absolute atomic E-state index is 11.8. The van der Waals surface area contributed by atoms with E-state index in [1.807, 2.05) is 0 Å². The van der Waals surface area contributed by atoms with Crippen molar-refractivity contribution >= 4 is 17.8 Å². The van der Waals surface area contributed by atoms with Gasteiger partial charge >= 0.3 is 5.97 Å². The zero-order valence-electron chi connectivity index (χ0n) is 13.7. The molecular weight excluding hydrogens is 310 g/mol. The Hall–Kier alpha value is -1.69. The monoisotopic (exact) mass is 333 g/mol. The first-order valence-corrected chi connectivity index (χ1v) is 8.98. The molecule has 5 unspecified atom stereocenters. The molecule has 2 amide bonds. The maximum Gasteiger partial charge on any atom is 0.305 e. The van der Waals surface area contributed by atoms with Gasteiger partial charge in [0, 0.05) is 25.1 Å². The second-order valence-electron chi connectivity index (χ2n) is 7.38. The Bertz CT molecular complexity index is 568. The molecule has 24 heavy (non-hydrogen) atoms. The molecule has 130 valence electrons. The van der Waals surface area contributed by atoms with E-state index in [0.717, 1.165) is 25.7 Å². The molecule has 1 saturated heterocycles. The zero-order chi connectivity index (χ0) is 16.7. The first-order chi connectivity index (χ1) is 11.6. The minimum absolute atomic E-state index is 0.138. The summed E-state index contributed by atoms with van der Waals surface area (Å²) >= 11 is 0. The predicted molar refractivity (Wildman–Crippen MR) is 83.7 cm³/mol. The zero-order valence-corrected chi connectivity index (χ0v) is 13.7. The van der Waals surface area contributed by atoms with Crippen LogP contribution in [0.5, 0.6) is 0 Å². The van der Waals surface area contributed by atoms with Crippen LogP contribution in [0.3, 0.4) is 0 Å². The topological polar surface area (TPSA) is 76.2 Å². The van der Waals surface area contributed by atoms with E-state index < -0.39 is 0 Å². The van der Waals surface area contributed by atoms with Crippen molar-refractivity contribution in [2.24, 2.45) is 17.8 Å². The Kier molecular flexibility index (Phi) is 4.16. The van der Waals surface area contributed by atoms with Crippen molar-refractivity contribution in [1.82, 2.24) is 4.90 Å². The molecule has 3 fully saturated rings. The van der Waals surface area contributed by atoms with Gasteiger partial charge in [-0.25, -0.2) is 0 Å². The quantitative estimate of drug-likeness (QED) is 0.291. The molecule has 2 bridgehead atoms. The van der Waals surface area contributed by atoms with Crippen LogP contribution in [0.1, 0.15) is 38.5 Å². The third kappa shape index (κ3) is 2.99. The number of carbonyl (C=O) groups excluding carboxylic acids is 3. The molecule has 2 aliphatic heterocycles. The summed E-state index contributed by atoms with van der Waals surface area (Å²) < 4.78 is 11.1. The number of esters is 1. The van der Waals surface area contributed by atoms with Gasteiger partial charge in [-0.05, 0) is 43.4 Å². The number of ether oxygens (including phenoxy) is 2. The van der Waals surface area contributed by atoms with Gasteiger partial charge in [0.2, 0.25) is 0 Å². The van der Waals surface area contributed by atoms with Crippen LogP contribution in [0.4, 0.5) is 0 Å². The van der Waals surface area contributed by atoms with E-state index in [-0.39, 0.29) is 17.8 Å². The Morgan fingerprint density at radius 3 is 2.62 bits per heavy atom. The lowest BCUT2D eigenvalue weighted by atomic mass is 9.89. The number of imide groups is 1. The van der Waals surface area contributed by atoms with Gasteiger partial charge in [-0.15, -0.1) is 0 Å². The molecule has 0 N–H and O–H groups in total. The highest BCUT2D eigenvalue weighted by molar-refractivity contribution is 6.12. The van der Waals surface area contributed by atoms with Crippen molar-refractivity contribution in [1.29, 1.82) is 0 Å². The van der Waals surface area contributed by atoms with E-state index >= 15 is 0 Å². The molecule has 0 radical (unpaired) electrons. The van der Waals surface area contributed by atoms with Gasteiger partial charge < -0.3 is 9.47 Å². The fourth-order valence-corrected chi connectivity index (χ4v) is 4.56. The average Bonchev–Trinajstić information content (AvgIpc) is 3.05. The molecule has 4 aliphatic rings. The lowest BCUT2D eigenvalue weighted by molar-refractivity contribution is -0.146. The molecule has 2 aliphatic carbocycles. The molecule has 0 spiro atoms. The van der Waals surface area contributed by atoms with Crippen molar-refractivity contribution < 1.29 is 23.9 Å². The van der Waals surface area contributed by atoms with E-state index in [0.29, 0.717) is 49.5 Å². The second-order valence-corrected chi connectivity index (χ2v) is 7.38. The number of unbranched alkanes of at least 4 members (excludes halogenated alkanes) is 2. The van der Waals surface area contributed by atoms with Gasteiger partial charge in [0.1, 0.15) is 0 Å². The van der Waals surface area contributed by atoms with Gasteiger partial charge in [-0.1, -0.05) is 6.42 Å². The Morgan fingerprint density at radius 2 is 1.92 bits per heavy atom. The normalized spacial score (nSPS) is 35.7. The summed E-state index contributed by atoms with van der Waals surface area (Å²) in [6.45, 7) is 0.961. The number of amides is 2. The van der Waals surface area contributed by atoms with Crippen LogP contribution < -0.4 is 0 Å². The minimum Gasteiger partial charge on any atom is -0.465 e. The largest absolute Gasteiger partial charge is 0.465 e. The highest BCUT2D eigenvalue weighted by Crippen LogP contribution is 2.58. The predicted octanol–water partition coefficient (Wildman–Crippen LogP) is 1.44. The number of hydrogen-bond donors (Lipinski definition) is 0. The van der Waals surface area contributed by atoms with E-state index in [1.54, 1.807) is 0 Å². The molecule has 0 aromatic rings. The number of epoxide rings is 1. The molecule has 0 aromatic heterocycles. The molecule has 5 atom stereocenters. The van der Waals surface area contributed by atoms with Gasteiger partial charge in [-0.2, -0.15) is 0 Å². The summed E-state index contributed by atoms with van der Waals surface area (Å²) in [7, 11) is 0. The van der Waals surface area contributed by atoms with E-state index in [1.165, 1.54) is 23.5 Å². The van der Waals surface area contributed by atoms with Crippen molar-refractivity contribution in [2.45, 2.75) is 50.7 Å². The van der Waals surface area contributed by atoms with Gasteiger partial charge in [-0.3, -0.25) is 19.3 Å². The fourth-order valence-electron chi connectivity index (χ4n) is 4.56. The smallest absolute Gasteiger partial charge is 0.305 e. The van der Waals surface area contributed by atoms with Crippen LogP contribution in [0, 0.1) is 17.8 Å². The standard InChI is InChI=1S/C18H23NO5/c20-14-5-6-15(21)19(14)7-3-1-2-4-16(22)23-10-12-8-11-9-13(12)18-17(11)24-18/h5-6,11-13,17-18H,1-4,7-10H2. The lowest BCUT2D eigenvalue weighted by Gasteiger charge is -2.19. The fraction of sp³-hybridized carbons (Fsp3) is 0.722. The van der Waals surface area contributed by atoms with Crippen molar-refractivity contribution in [3.8, 4) is 0 Å². The van der Waals surface area contributed by atoms with E-state index in [9.17, 15) is 14.4 Å². The third-order valence-electron chi connectivity index (χ3n) is 5.86. The Balaban J connectivity index is 1.06. The molecular formula is C18H23NO5. The Morgan fingerprint density at radius 1 is 1.12 bits per heavy atom. The first-order valence-electron chi connectivity index (χ1n) is 8.98. The molecule has 6 heteroatoms. The highest BCUT2D eigenvalue weighted by Gasteiger charge is 2.63. The van der Waals surface area contributed by atoms with Gasteiger partial charge in [0.25, 0.3) is 11.8 Å². The number of fused-ring (bicyclic) bond motifs is 5. The average molecular weight is 333 g/mol. The number of rotatable bonds is 8. The number of hydrogen-bond acceptors (Lipinski definition) is 5. The summed E-state index contributed by atoms with van der Waals surface area (Å²) in [5, 5.41) is 0. The van der Waals surface area contributed by atoms with Crippen LogP contribution in [-0.4, -0.2) is 48.0 Å². The van der Waals surface area contributed by atoms with Crippen molar-refractivity contribution in [2.75, 3.05) is 13.2 Å². The van der Waals surface area contributed by atoms with Crippen LogP contribution in [0.2, 0.25) is 0 Å². The lowest BCUT2D eigenvalue weighted by Crippen LogP contribution is -2.30. The molecule has 2 saturated carbocycles. The highest BCUT2D eigenvalue weighted by atomic mass is 16.6. The van der Waals surface area contributed by atoms with Crippen LogP contribution >= 0.6 is 0 Å². The minimum atomic E-state index is -0.243. The summed E-state index contributed by atoms with van der Waals surface area (Å²) in [6, 6.07) is 0. The molecule has 4 rings (SSSR count). The SMILES string of the molecule is O=C(CCCCCN1C(=O)C=CC1=O)OCC1CC2CC1C1OC21. The number of nitrogens with zero attached hydrogens (tertiary/aromatic N) is 1. The second kappa shape index (κ2) is 6.31. The summed E-state index contributed by atoms with van der Waals surface area (Å²) in [5.41, 5.74) is 0.